The summed E-state index contributed by atoms with van der Waals surface area (Å²) in [6.07, 6.45) is 4.46. The molecule has 13 heteroatoms. The number of aliphatic hydroxyl groups is 1. The van der Waals surface area contributed by atoms with Crippen molar-refractivity contribution >= 4 is 33.6 Å². The molecule has 0 spiro atoms. The Balaban J connectivity index is 1.47. The van der Waals surface area contributed by atoms with Gasteiger partial charge in [0.25, 0.3) is 5.91 Å². The maximum atomic E-state index is 13.0. The smallest absolute Gasteiger partial charge is 0.407 e. The zero-order chi connectivity index (χ0) is 32.4. The Labute approximate surface area is 268 Å². The van der Waals surface area contributed by atoms with Crippen molar-refractivity contribution in [2.45, 2.75) is 50.7 Å². The fraction of sp³-hybridized carbons (Fsp3) is 0.406. The van der Waals surface area contributed by atoms with Gasteiger partial charge in [-0.15, -0.1) is 0 Å². The van der Waals surface area contributed by atoms with Crippen LogP contribution in [0.15, 0.2) is 60.8 Å². The van der Waals surface area contributed by atoms with Gasteiger partial charge < -0.3 is 24.6 Å². The van der Waals surface area contributed by atoms with Gasteiger partial charge in [0.05, 0.1) is 36.7 Å². The first-order valence-electron chi connectivity index (χ1n) is 14.8. The predicted molar refractivity (Wildman–Crippen MR) is 170 cm³/mol. The van der Waals surface area contributed by atoms with E-state index in [9.17, 15) is 28.2 Å². The first kappa shape index (κ1) is 34.2. The average molecular weight is 660 g/mol. The highest BCUT2D eigenvalue weighted by Gasteiger charge is 2.23. The van der Waals surface area contributed by atoms with Crippen LogP contribution in [0.5, 0.6) is 5.75 Å². The molecule has 1 fully saturated rings. The van der Waals surface area contributed by atoms with Gasteiger partial charge in [0.1, 0.15) is 10.9 Å². The van der Waals surface area contributed by atoms with E-state index in [1.165, 1.54) is 19.4 Å². The number of carbonyl (C=O) groups is 2. The summed E-state index contributed by atoms with van der Waals surface area (Å²) in [6.45, 7) is 0.0116. The van der Waals surface area contributed by atoms with E-state index < -0.39 is 28.1 Å². The minimum Gasteiger partial charge on any atom is -0.490 e. The summed E-state index contributed by atoms with van der Waals surface area (Å²) in [4.78, 5) is 30.0. The summed E-state index contributed by atoms with van der Waals surface area (Å²) in [6, 6.07) is 15.8. The molecule has 4 rings (SSSR count). The molecule has 2 amide bonds. The van der Waals surface area contributed by atoms with Crippen LogP contribution in [0.25, 0.3) is 11.1 Å². The van der Waals surface area contributed by atoms with Crippen molar-refractivity contribution < 1.29 is 37.7 Å². The number of aromatic nitrogens is 1. The summed E-state index contributed by atoms with van der Waals surface area (Å²) in [7, 11) is -2.50. The number of pyridine rings is 1. The third-order valence-electron chi connectivity index (χ3n) is 7.63. The molecule has 1 atom stereocenters. The Hall–Kier alpha value is -3.71. The lowest BCUT2D eigenvalue weighted by Gasteiger charge is -2.24. The molecule has 45 heavy (non-hydrogen) atoms. The third kappa shape index (κ3) is 10.1. The predicted octanol–water partition coefficient (Wildman–Crippen LogP) is 5.08. The summed E-state index contributed by atoms with van der Waals surface area (Å²) < 4.78 is 37.9. The average Bonchev–Trinajstić information content (AvgIpc) is 3.02. The van der Waals surface area contributed by atoms with Crippen LogP contribution in [0.3, 0.4) is 0 Å². The number of methoxy groups -OCH3 is 1. The minimum absolute atomic E-state index is 0.0413. The van der Waals surface area contributed by atoms with E-state index in [4.69, 9.17) is 21.1 Å². The molecule has 3 aromatic rings. The van der Waals surface area contributed by atoms with Gasteiger partial charge in [-0.25, -0.2) is 22.9 Å². The van der Waals surface area contributed by atoms with Crippen LogP contribution in [0, 0.1) is 0 Å². The monoisotopic (exact) mass is 659 g/mol. The molecule has 11 nitrogen and oxygen atoms in total. The topological polar surface area (TPSA) is 155 Å². The van der Waals surface area contributed by atoms with Gasteiger partial charge in [0.15, 0.2) is 0 Å². The van der Waals surface area contributed by atoms with Crippen molar-refractivity contribution in [1.29, 1.82) is 0 Å². The molecule has 1 aromatic heterocycles. The van der Waals surface area contributed by atoms with E-state index in [0.717, 1.165) is 53.7 Å². The molecule has 242 valence electrons. The Morgan fingerprint density at radius 1 is 1.07 bits per heavy atom. The Morgan fingerprint density at radius 2 is 1.78 bits per heavy atom. The lowest BCUT2D eigenvalue weighted by atomic mass is 9.97. The SMILES string of the molecule is COCCS(=O)(=O)NC(=O)c1ccc(-c2ccc(CCN(C[C@@H](O)c3ccc(Cl)nc3)C(=O)O)cc2)cc1OC1CCCCC1. The van der Waals surface area contributed by atoms with Gasteiger partial charge in [-0.1, -0.05) is 54.4 Å². The number of aliphatic hydroxyl groups excluding tert-OH is 1. The Kier molecular flexibility index (Phi) is 12.2. The highest BCUT2D eigenvalue weighted by molar-refractivity contribution is 7.90. The molecule has 1 heterocycles. The minimum atomic E-state index is -3.89. The highest BCUT2D eigenvalue weighted by Crippen LogP contribution is 2.31. The van der Waals surface area contributed by atoms with Crippen molar-refractivity contribution in [3.63, 3.8) is 0 Å². The van der Waals surface area contributed by atoms with Gasteiger partial charge in [0.2, 0.25) is 10.0 Å². The molecule has 0 unspecified atom stereocenters. The van der Waals surface area contributed by atoms with Crippen LogP contribution in [0.1, 0.15) is 59.7 Å². The fourth-order valence-electron chi connectivity index (χ4n) is 5.08. The van der Waals surface area contributed by atoms with Gasteiger partial charge in [-0.3, -0.25) is 4.79 Å². The van der Waals surface area contributed by atoms with Crippen molar-refractivity contribution in [3.05, 3.63) is 82.6 Å². The van der Waals surface area contributed by atoms with Gasteiger partial charge in [-0.05, 0) is 67.0 Å². The summed E-state index contributed by atoms with van der Waals surface area (Å²) in [5.41, 5.74) is 3.11. The van der Waals surface area contributed by atoms with E-state index >= 15 is 0 Å². The van der Waals surface area contributed by atoms with Gasteiger partial charge >= 0.3 is 6.09 Å². The zero-order valence-electron chi connectivity index (χ0n) is 25.0. The van der Waals surface area contributed by atoms with Crippen LogP contribution < -0.4 is 9.46 Å². The van der Waals surface area contributed by atoms with Crippen molar-refractivity contribution in [1.82, 2.24) is 14.6 Å². The summed E-state index contributed by atoms with van der Waals surface area (Å²) >= 11 is 5.80. The second kappa shape index (κ2) is 16.0. The second-order valence-electron chi connectivity index (χ2n) is 10.9. The van der Waals surface area contributed by atoms with Crippen molar-refractivity contribution in [3.8, 4) is 16.9 Å². The molecule has 0 saturated heterocycles. The first-order chi connectivity index (χ1) is 21.5. The Bertz CT molecular complexity index is 1550. The number of carbonyl (C=O) groups excluding carboxylic acids is 1. The number of amides is 2. The molecular formula is C32H38ClN3O8S. The number of rotatable bonds is 14. The standard InChI is InChI=1S/C32H38ClN3O8S/c1-43-17-18-45(41,42)35-31(38)27-13-11-24(19-29(27)44-26-5-3-2-4-6-26)23-9-7-22(8-10-23)15-16-36(32(39)40)21-28(37)25-12-14-30(33)34-20-25/h7-14,19-20,26,28,37H,2-6,15-18,21H2,1H3,(H,35,38)(H,39,40)/t28-/m1/s1. The lowest BCUT2D eigenvalue weighted by molar-refractivity contribution is 0.0966. The first-order valence-corrected chi connectivity index (χ1v) is 16.8. The maximum absolute atomic E-state index is 13.0. The van der Waals surface area contributed by atoms with Crippen LogP contribution in [-0.4, -0.2) is 79.2 Å². The largest absolute Gasteiger partial charge is 0.490 e. The summed E-state index contributed by atoms with van der Waals surface area (Å²) in [5.74, 6) is -0.794. The molecule has 0 aliphatic heterocycles. The normalized spacial score (nSPS) is 14.5. The van der Waals surface area contributed by atoms with Gasteiger partial charge in [0, 0.05) is 25.4 Å². The van der Waals surface area contributed by atoms with E-state index in [1.54, 1.807) is 24.3 Å². The van der Waals surface area contributed by atoms with Crippen LogP contribution in [0.4, 0.5) is 4.79 Å². The zero-order valence-corrected chi connectivity index (χ0v) is 26.6. The fourth-order valence-corrected chi connectivity index (χ4v) is 6.07. The van der Waals surface area contributed by atoms with Crippen LogP contribution >= 0.6 is 11.6 Å². The third-order valence-corrected chi connectivity index (χ3v) is 9.06. The number of sulfonamides is 1. The number of hydrogen-bond donors (Lipinski definition) is 3. The number of halogens is 1. The number of carboxylic acid groups (broad SMARTS) is 1. The number of benzene rings is 2. The number of ether oxygens (including phenoxy) is 2. The van der Waals surface area contributed by atoms with E-state index in [0.29, 0.717) is 17.7 Å². The highest BCUT2D eigenvalue weighted by atomic mass is 35.5. The van der Waals surface area contributed by atoms with Crippen molar-refractivity contribution in [2.75, 3.05) is 32.6 Å². The van der Waals surface area contributed by atoms with Crippen molar-refractivity contribution in [2.24, 2.45) is 0 Å². The summed E-state index contributed by atoms with van der Waals surface area (Å²) in [5, 5.41) is 20.5. The Morgan fingerprint density at radius 3 is 2.42 bits per heavy atom. The maximum Gasteiger partial charge on any atom is 0.407 e. The molecule has 1 saturated carbocycles. The molecule has 1 aliphatic rings. The van der Waals surface area contributed by atoms with Gasteiger partial charge in [-0.2, -0.15) is 0 Å². The van der Waals surface area contributed by atoms with E-state index in [2.05, 4.69) is 9.71 Å². The number of nitrogens with zero attached hydrogens (tertiary/aromatic N) is 2. The number of hydrogen-bond acceptors (Lipinski definition) is 8. The molecule has 1 aliphatic carbocycles. The van der Waals surface area contributed by atoms with Crippen LogP contribution in [-0.2, 0) is 21.2 Å². The lowest BCUT2D eigenvalue weighted by Crippen LogP contribution is -2.35. The van der Waals surface area contributed by atoms with E-state index in [-0.39, 0.29) is 42.3 Å². The molecule has 0 bridgehead atoms. The molecular weight excluding hydrogens is 622 g/mol. The molecule has 0 radical (unpaired) electrons. The van der Waals surface area contributed by atoms with Crippen LogP contribution in [0.2, 0.25) is 5.15 Å². The molecule has 2 aromatic carbocycles. The quantitative estimate of drug-likeness (QED) is 0.201. The molecule has 3 N–H and O–H groups in total. The number of nitrogens with one attached hydrogen (secondary N) is 1. The van der Waals surface area contributed by atoms with E-state index in [1.807, 2.05) is 24.3 Å². The second-order valence-corrected chi connectivity index (χ2v) is 13.2.